The number of aromatic nitrogens is 4. The number of carboxylic acids is 1. The third-order valence-corrected chi connectivity index (χ3v) is 2.39. The second kappa shape index (κ2) is 3.18. The summed E-state index contributed by atoms with van der Waals surface area (Å²) in [6.45, 7) is 1.83. The van der Waals surface area contributed by atoms with Gasteiger partial charge in [-0.15, -0.1) is 10.2 Å². The number of rotatable bonds is 2. The lowest BCUT2D eigenvalue weighted by molar-refractivity contribution is 0.0691. The van der Waals surface area contributed by atoms with E-state index in [1.54, 1.807) is 0 Å². The van der Waals surface area contributed by atoms with Gasteiger partial charge < -0.3 is 5.11 Å². The van der Waals surface area contributed by atoms with E-state index in [0.29, 0.717) is 5.13 Å². The van der Waals surface area contributed by atoms with E-state index in [2.05, 4.69) is 15.2 Å². The van der Waals surface area contributed by atoms with Crippen molar-refractivity contribution in [3.63, 3.8) is 0 Å². The monoisotopic (exact) mass is 210 g/mol. The summed E-state index contributed by atoms with van der Waals surface area (Å²) in [5, 5.41) is 17.8. The summed E-state index contributed by atoms with van der Waals surface area (Å²) >= 11 is 1.37. The fourth-order valence-corrected chi connectivity index (χ4v) is 1.56. The zero-order valence-corrected chi connectivity index (χ0v) is 8.02. The second-order valence-corrected chi connectivity index (χ2v) is 3.74. The van der Waals surface area contributed by atoms with Gasteiger partial charge in [-0.1, -0.05) is 11.3 Å². The average Bonchev–Trinajstić information content (AvgIpc) is 2.70. The maximum atomic E-state index is 10.5. The fourth-order valence-electron chi connectivity index (χ4n) is 0.928. The Morgan fingerprint density at radius 2 is 2.36 bits per heavy atom. The molecule has 0 bridgehead atoms. The first-order valence-electron chi connectivity index (χ1n) is 3.74. The largest absolute Gasteiger partial charge is 0.476 e. The molecule has 2 heterocycles. The molecular weight excluding hydrogens is 204 g/mol. The summed E-state index contributed by atoms with van der Waals surface area (Å²) in [5.41, 5.74) is -0.00199. The Bertz CT molecular complexity index is 475. The van der Waals surface area contributed by atoms with Gasteiger partial charge in [-0.3, -0.25) is 4.57 Å². The van der Waals surface area contributed by atoms with E-state index in [-0.39, 0.29) is 5.69 Å². The van der Waals surface area contributed by atoms with Crippen LogP contribution < -0.4 is 0 Å². The van der Waals surface area contributed by atoms with Gasteiger partial charge in [-0.05, 0) is 6.92 Å². The maximum Gasteiger partial charge on any atom is 0.356 e. The standard InChI is InChI=1S/C7H6N4O2S/c1-4-9-10-7(14-4)11-2-5(6(12)13)8-3-11/h2-3H,1H3,(H,12,13). The molecule has 0 spiro atoms. The molecule has 0 saturated heterocycles. The fraction of sp³-hybridized carbons (Fsp3) is 0.143. The Balaban J connectivity index is 2.38. The van der Waals surface area contributed by atoms with Gasteiger partial charge in [-0.2, -0.15) is 0 Å². The number of aromatic carboxylic acids is 1. The highest BCUT2D eigenvalue weighted by Crippen LogP contribution is 2.13. The summed E-state index contributed by atoms with van der Waals surface area (Å²) in [6.07, 6.45) is 2.81. The topological polar surface area (TPSA) is 80.9 Å². The molecule has 0 radical (unpaired) electrons. The minimum absolute atomic E-state index is 0.00199. The van der Waals surface area contributed by atoms with Crippen molar-refractivity contribution in [2.75, 3.05) is 0 Å². The number of hydrogen-bond donors (Lipinski definition) is 1. The van der Waals surface area contributed by atoms with Gasteiger partial charge in [0.15, 0.2) is 5.69 Å². The molecule has 7 heteroatoms. The molecule has 0 atom stereocenters. The SMILES string of the molecule is Cc1nnc(-n2cnc(C(=O)O)c2)s1. The quantitative estimate of drug-likeness (QED) is 0.790. The number of carbonyl (C=O) groups is 1. The molecule has 0 aliphatic rings. The van der Waals surface area contributed by atoms with Crippen molar-refractivity contribution in [1.82, 2.24) is 19.7 Å². The summed E-state index contributed by atoms with van der Waals surface area (Å²) in [6, 6.07) is 0. The van der Waals surface area contributed by atoms with E-state index in [1.807, 2.05) is 6.92 Å². The van der Waals surface area contributed by atoms with Crippen molar-refractivity contribution in [3.8, 4) is 5.13 Å². The van der Waals surface area contributed by atoms with Crippen LogP contribution in [0, 0.1) is 6.92 Å². The molecule has 0 unspecified atom stereocenters. The lowest BCUT2D eigenvalue weighted by Crippen LogP contribution is -1.95. The smallest absolute Gasteiger partial charge is 0.356 e. The molecule has 0 saturated carbocycles. The lowest BCUT2D eigenvalue weighted by Gasteiger charge is -1.89. The summed E-state index contributed by atoms with van der Waals surface area (Å²) in [7, 11) is 0. The van der Waals surface area contributed by atoms with Crippen LogP contribution in [0.15, 0.2) is 12.5 Å². The predicted octanol–water partition coefficient (Wildman–Crippen LogP) is 0.730. The van der Waals surface area contributed by atoms with Gasteiger partial charge in [0.25, 0.3) is 0 Å². The first kappa shape index (κ1) is 8.82. The van der Waals surface area contributed by atoms with Crippen LogP contribution in [-0.4, -0.2) is 30.8 Å². The minimum Gasteiger partial charge on any atom is -0.476 e. The molecule has 14 heavy (non-hydrogen) atoms. The first-order valence-corrected chi connectivity index (χ1v) is 4.56. The van der Waals surface area contributed by atoms with Crippen LogP contribution in [0.2, 0.25) is 0 Å². The van der Waals surface area contributed by atoms with Crippen LogP contribution >= 0.6 is 11.3 Å². The third kappa shape index (κ3) is 1.49. The van der Waals surface area contributed by atoms with Gasteiger partial charge in [0.05, 0.1) is 0 Å². The van der Waals surface area contributed by atoms with Crippen LogP contribution in [0.1, 0.15) is 15.5 Å². The van der Waals surface area contributed by atoms with Crippen molar-refractivity contribution >= 4 is 17.3 Å². The zero-order chi connectivity index (χ0) is 10.1. The molecule has 0 aliphatic heterocycles. The van der Waals surface area contributed by atoms with E-state index in [9.17, 15) is 4.79 Å². The zero-order valence-electron chi connectivity index (χ0n) is 7.21. The van der Waals surface area contributed by atoms with Crippen LogP contribution in [0.25, 0.3) is 5.13 Å². The van der Waals surface area contributed by atoms with Crippen molar-refractivity contribution in [3.05, 3.63) is 23.2 Å². The highest BCUT2D eigenvalue weighted by molar-refractivity contribution is 7.13. The molecule has 1 N–H and O–H groups in total. The highest BCUT2D eigenvalue weighted by Gasteiger charge is 2.09. The number of imidazole rings is 1. The summed E-state index contributed by atoms with van der Waals surface area (Å²) in [5.74, 6) is -1.05. The molecule has 2 aromatic heterocycles. The van der Waals surface area contributed by atoms with Crippen molar-refractivity contribution in [2.24, 2.45) is 0 Å². The number of carboxylic acid groups (broad SMARTS) is 1. The van der Waals surface area contributed by atoms with Crippen molar-refractivity contribution < 1.29 is 9.90 Å². The number of nitrogens with zero attached hydrogens (tertiary/aromatic N) is 4. The Labute approximate surface area is 82.9 Å². The van der Waals surface area contributed by atoms with Crippen LogP contribution in [0.4, 0.5) is 0 Å². The van der Waals surface area contributed by atoms with E-state index in [0.717, 1.165) is 5.01 Å². The summed E-state index contributed by atoms with van der Waals surface area (Å²) in [4.78, 5) is 14.2. The Morgan fingerprint density at radius 3 is 2.86 bits per heavy atom. The number of hydrogen-bond acceptors (Lipinski definition) is 5. The first-order chi connectivity index (χ1) is 6.66. The van der Waals surface area contributed by atoms with E-state index >= 15 is 0 Å². The molecule has 6 nitrogen and oxygen atoms in total. The van der Waals surface area contributed by atoms with Crippen molar-refractivity contribution in [1.29, 1.82) is 0 Å². The molecule has 72 valence electrons. The Morgan fingerprint density at radius 1 is 1.57 bits per heavy atom. The van der Waals surface area contributed by atoms with Gasteiger partial charge in [0.2, 0.25) is 5.13 Å². The van der Waals surface area contributed by atoms with Gasteiger partial charge in [0.1, 0.15) is 11.3 Å². The van der Waals surface area contributed by atoms with E-state index in [1.165, 1.54) is 28.4 Å². The van der Waals surface area contributed by atoms with Crippen LogP contribution in [0.5, 0.6) is 0 Å². The van der Waals surface area contributed by atoms with Crippen molar-refractivity contribution in [2.45, 2.75) is 6.92 Å². The Kier molecular flexibility index (Phi) is 2.01. The van der Waals surface area contributed by atoms with Gasteiger partial charge in [0, 0.05) is 6.20 Å². The average molecular weight is 210 g/mol. The third-order valence-electron chi connectivity index (χ3n) is 1.54. The molecule has 0 aliphatic carbocycles. The molecule has 0 amide bonds. The number of aryl methyl sites for hydroxylation is 1. The van der Waals surface area contributed by atoms with Crippen LogP contribution in [0.3, 0.4) is 0 Å². The Hall–Kier alpha value is -1.76. The van der Waals surface area contributed by atoms with Gasteiger partial charge >= 0.3 is 5.97 Å². The molecular formula is C7H6N4O2S. The summed E-state index contributed by atoms with van der Waals surface area (Å²) < 4.78 is 1.54. The molecule has 2 aromatic rings. The normalized spacial score (nSPS) is 10.4. The molecule has 2 rings (SSSR count). The van der Waals surface area contributed by atoms with Gasteiger partial charge in [-0.25, -0.2) is 9.78 Å². The molecule has 0 fully saturated rings. The lowest BCUT2D eigenvalue weighted by atomic mass is 10.5. The van der Waals surface area contributed by atoms with E-state index in [4.69, 9.17) is 5.11 Å². The second-order valence-electron chi connectivity index (χ2n) is 2.57. The maximum absolute atomic E-state index is 10.5. The van der Waals surface area contributed by atoms with Crippen LogP contribution in [-0.2, 0) is 0 Å². The minimum atomic E-state index is -1.05. The molecule has 0 aromatic carbocycles. The predicted molar refractivity (Wildman–Crippen MR) is 48.7 cm³/mol. The highest BCUT2D eigenvalue weighted by atomic mass is 32.1. The van der Waals surface area contributed by atoms with E-state index < -0.39 is 5.97 Å².